The molecule has 1 amide bonds. The summed E-state index contributed by atoms with van der Waals surface area (Å²) in [7, 11) is 0. The van der Waals surface area contributed by atoms with E-state index in [2.05, 4.69) is 10.2 Å². The van der Waals surface area contributed by atoms with Crippen molar-refractivity contribution in [2.24, 2.45) is 0 Å². The van der Waals surface area contributed by atoms with E-state index >= 15 is 0 Å². The molecule has 1 unspecified atom stereocenters. The average Bonchev–Trinajstić information content (AvgIpc) is 3.10. The fourth-order valence-corrected chi connectivity index (χ4v) is 3.93. The van der Waals surface area contributed by atoms with E-state index in [1.807, 2.05) is 19.1 Å². The number of benzene rings is 1. The Kier molecular flexibility index (Phi) is 7.32. The van der Waals surface area contributed by atoms with E-state index in [0.29, 0.717) is 36.8 Å². The first-order chi connectivity index (χ1) is 13.1. The minimum absolute atomic E-state index is 0.00855. The third-order valence-corrected chi connectivity index (χ3v) is 5.54. The molecule has 0 radical (unpaired) electrons. The van der Waals surface area contributed by atoms with E-state index in [-0.39, 0.29) is 17.8 Å². The lowest BCUT2D eigenvalue weighted by molar-refractivity contribution is -0.121. The summed E-state index contributed by atoms with van der Waals surface area (Å²) in [5.74, 6) is 1.96. The number of aryl methyl sites for hydroxylation is 1. The number of amides is 1. The lowest BCUT2D eigenvalue weighted by Crippen LogP contribution is -2.43. The van der Waals surface area contributed by atoms with Gasteiger partial charge in [-0.2, -0.15) is 0 Å². The molecule has 2 heterocycles. The van der Waals surface area contributed by atoms with Crippen molar-refractivity contribution in [3.8, 4) is 0 Å². The van der Waals surface area contributed by atoms with E-state index < -0.39 is 0 Å². The number of furan rings is 1. The first-order valence-corrected chi connectivity index (χ1v) is 10.1. The van der Waals surface area contributed by atoms with E-state index in [1.165, 1.54) is 17.8 Å². The fourth-order valence-electron chi connectivity index (χ4n) is 3.05. The lowest BCUT2D eigenvalue weighted by Gasteiger charge is -2.33. The highest BCUT2D eigenvalue weighted by atomic mass is 32.2. The van der Waals surface area contributed by atoms with Gasteiger partial charge >= 0.3 is 0 Å². The first kappa shape index (κ1) is 19.9. The minimum Gasteiger partial charge on any atom is -0.465 e. The molecule has 1 N–H and O–H groups in total. The fraction of sp³-hybridized carbons (Fsp3) is 0.450. The number of halogens is 1. The molecule has 27 heavy (non-hydrogen) atoms. The van der Waals surface area contributed by atoms with Gasteiger partial charge in [0.05, 0.1) is 19.3 Å². The topological polar surface area (TPSA) is 54.7 Å². The number of hydrogen-bond acceptors (Lipinski definition) is 5. The Balaban J connectivity index is 1.50. The van der Waals surface area contributed by atoms with Gasteiger partial charge in [0.25, 0.3) is 0 Å². The van der Waals surface area contributed by atoms with E-state index in [4.69, 9.17) is 9.15 Å². The summed E-state index contributed by atoms with van der Waals surface area (Å²) in [6.45, 7) is 5.38. The number of nitrogens with zero attached hydrogens (tertiary/aromatic N) is 1. The second-order valence-electron chi connectivity index (χ2n) is 6.45. The largest absolute Gasteiger partial charge is 0.465 e. The number of morpholine rings is 1. The molecular formula is C20H25FN2O3S. The molecule has 2 aromatic rings. The van der Waals surface area contributed by atoms with Gasteiger partial charge in [-0.3, -0.25) is 9.69 Å². The molecule has 0 saturated carbocycles. The van der Waals surface area contributed by atoms with Gasteiger partial charge in [-0.15, -0.1) is 11.8 Å². The normalized spacial score (nSPS) is 16.2. The number of hydrogen-bond donors (Lipinski definition) is 1. The number of carbonyl (C=O) groups is 1. The average molecular weight is 392 g/mol. The molecule has 3 rings (SSSR count). The van der Waals surface area contributed by atoms with E-state index in [1.54, 1.807) is 18.2 Å². The van der Waals surface area contributed by atoms with Crippen molar-refractivity contribution in [2.75, 3.05) is 38.6 Å². The Morgan fingerprint density at radius 2 is 2.04 bits per heavy atom. The van der Waals surface area contributed by atoms with Gasteiger partial charge in [0.2, 0.25) is 5.91 Å². The Labute approximate surface area is 163 Å². The predicted octanol–water partition coefficient (Wildman–Crippen LogP) is 3.40. The van der Waals surface area contributed by atoms with Crippen molar-refractivity contribution in [3.63, 3.8) is 0 Å². The van der Waals surface area contributed by atoms with Gasteiger partial charge in [-0.25, -0.2) is 4.39 Å². The van der Waals surface area contributed by atoms with Crippen LogP contribution in [0.25, 0.3) is 0 Å². The van der Waals surface area contributed by atoms with Crippen LogP contribution in [0.4, 0.5) is 4.39 Å². The molecule has 1 aliphatic heterocycles. The van der Waals surface area contributed by atoms with Crippen LogP contribution in [-0.2, 0) is 9.53 Å². The van der Waals surface area contributed by atoms with Crippen molar-refractivity contribution in [1.82, 2.24) is 10.2 Å². The number of thioether (sulfide) groups is 1. The maximum Gasteiger partial charge on any atom is 0.220 e. The highest BCUT2D eigenvalue weighted by molar-refractivity contribution is 7.99. The molecule has 0 bridgehead atoms. The van der Waals surface area contributed by atoms with Crippen LogP contribution in [0, 0.1) is 12.7 Å². The van der Waals surface area contributed by atoms with Gasteiger partial charge in [0.15, 0.2) is 0 Å². The predicted molar refractivity (Wildman–Crippen MR) is 103 cm³/mol. The summed E-state index contributed by atoms with van der Waals surface area (Å²) in [5.41, 5.74) is 0. The summed E-state index contributed by atoms with van der Waals surface area (Å²) in [5, 5.41) is 3.00. The van der Waals surface area contributed by atoms with Gasteiger partial charge in [0.1, 0.15) is 17.3 Å². The summed E-state index contributed by atoms with van der Waals surface area (Å²) in [6, 6.07) is 10.5. The number of nitrogens with one attached hydrogen (secondary N) is 1. The Morgan fingerprint density at radius 3 is 2.74 bits per heavy atom. The summed E-state index contributed by atoms with van der Waals surface area (Å²) < 4.78 is 24.8. The van der Waals surface area contributed by atoms with Crippen molar-refractivity contribution in [3.05, 3.63) is 53.7 Å². The number of ether oxygens (including phenoxy) is 1. The summed E-state index contributed by atoms with van der Waals surface area (Å²) >= 11 is 1.36. The van der Waals surface area contributed by atoms with Crippen LogP contribution in [0.3, 0.4) is 0 Å². The second-order valence-corrected chi connectivity index (χ2v) is 7.58. The molecule has 1 atom stereocenters. The molecule has 7 heteroatoms. The Hall–Kier alpha value is -1.83. The van der Waals surface area contributed by atoms with Gasteiger partial charge in [-0.05, 0) is 31.2 Å². The van der Waals surface area contributed by atoms with Crippen LogP contribution in [0.1, 0.15) is 24.0 Å². The molecule has 1 saturated heterocycles. The smallest absolute Gasteiger partial charge is 0.220 e. The molecule has 146 valence electrons. The summed E-state index contributed by atoms with van der Waals surface area (Å²) in [4.78, 5) is 15.1. The molecule has 1 aliphatic rings. The van der Waals surface area contributed by atoms with Crippen molar-refractivity contribution in [1.29, 1.82) is 0 Å². The highest BCUT2D eigenvalue weighted by Crippen LogP contribution is 2.24. The molecular weight excluding hydrogens is 367 g/mol. The maximum atomic E-state index is 13.6. The first-order valence-electron chi connectivity index (χ1n) is 9.15. The molecule has 1 fully saturated rings. The van der Waals surface area contributed by atoms with Crippen LogP contribution in [0.2, 0.25) is 0 Å². The van der Waals surface area contributed by atoms with Crippen LogP contribution in [-0.4, -0.2) is 49.4 Å². The second kappa shape index (κ2) is 9.92. The third kappa shape index (κ3) is 5.82. The van der Waals surface area contributed by atoms with Gasteiger partial charge in [-0.1, -0.05) is 12.1 Å². The van der Waals surface area contributed by atoms with Crippen molar-refractivity contribution in [2.45, 2.75) is 24.3 Å². The van der Waals surface area contributed by atoms with Crippen molar-refractivity contribution >= 4 is 17.7 Å². The number of rotatable bonds is 8. The SMILES string of the molecule is Cc1ccc(C(CNC(=O)CCSc2ccccc2F)N2CCOCC2)o1. The van der Waals surface area contributed by atoms with Crippen LogP contribution in [0.5, 0.6) is 0 Å². The zero-order chi connectivity index (χ0) is 19.1. The Morgan fingerprint density at radius 1 is 1.26 bits per heavy atom. The highest BCUT2D eigenvalue weighted by Gasteiger charge is 2.25. The standard InChI is InChI=1S/C20H25FN2O3S/c1-15-6-7-18(26-15)17(23-9-11-25-12-10-23)14-22-20(24)8-13-27-19-5-3-2-4-16(19)21/h2-7,17H,8-14H2,1H3,(H,22,24). The zero-order valence-corrected chi connectivity index (χ0v) is 16.3. The van der Waals surface area contributed by atoms with Crippen molar-refractivity contribution < 1.29 is 18.3 Å². The summed E-state index contributed by atoms with van der Waals surface area (Å²) in [6.07, 6.45) is 0.339. The van der Waals surface area contributed by atoms with E-state index in [9.17, 15) is 9.18 Å². The maximum absolute atomic E-state index is 13.6. The van der Waals surface area contributed by atoms with Crippen LogP contribution in [0.15, 0.2) is 45.7 Å². The molecule has 0 aliphatic carbocycles. The molecule has 5 nitrogen and oxygen atoms in total. The van der Waals surface area contributed by atoms with Gasteiger partial charge in [0, 0.05) is 36.7 Å². The van der Waals surface area contributed by atoms with Crippen LogP contribution < -0.4 is 5.32 Å². The lowest BCUT2D eigenvalue weighted by atomic mass is 10.1. The molecule has 1 aromatic carbocycles. The van der Waals surface area contributed by atoms with Crippen LogP contribution >= 0.6 is 11.8 Å². The zero-order valence-electron chi connectivity index (χ0n) is 15.4. The monoisotopic (exact) mass is 392 g/mol. The third-order valence-electron chi connectivity index (χ3n) is 4.49. The van der Waals surface area contributed by atoms with E-state index in [0.717, 1.165) is 24.6 Å². The minimum atomic E-state index is -0.247. The number of carbonyl (C=O) groups excluding carboxylic acids is 1. The van der Waals surface area contributed by atoms with Gasteiger partial charge < -0.3 is 14.5 Å². The molecule has 0 spiro atoms. The quantitative estimate of drug-likeness (QED) is 0.698. The Bertz CT molecular complexity index is 746. The molecule has 1 aromatic heterocycles.